The third kappa shape index (κ3) is 3.71. The predicted octanol–water partition coefficient (Wildman–Crippen LogP) is 4.94. The topological polar surface area (TPSA) is 17.1 Å². The summed E-state index contributed by atoms with van der Waals surface area (Å²) in [7, 11) is -2.34. The summed E-state index contributed by atoms with van der Waals surface area (Å²) in [4.78, 5) is 12.5. The maximum Gasteiger partial charge on any atom is 0.173 e. The van der Waals surface area contributed by atoms with Crippen molar-refractivity contribution in [2.45, 2.75) is 6.42 Å². The Kier molecular flexibility index (Phi) is 5.82. The first-order valence-electron chi connectivity index (χ1n) is 9.70. The van der Waals surface area contributed by atoms with Crippen LogP contribution in [-0.2, 0) is 11.2 Å². The average Bonchev–Trinajstić information content (AvgIpc) is 2.82. The van der Waals surface area contributed by atoms with Crippen LogP contribution in [0.25, 0.3) is 0 Å². The zero-order valence-electron chi connectivity index (χ0n) is 16.1. The molecule has 1 nitrogen and oxygen atoms in total. The van der Waals surface area contributed by atoms with Gasteiger partial charge in [0.05, 0.1) is 0 Å². The van der Waals surface area contributed by atoms with Gasteiger partial charge in [0.25, 0.3) is 0 Å². The smallest absolute Gasteiger partial charge is 0.173 e. The molecule has 4 aromatic rings. The minimum atomic E-state index is -2.34. The highest BCUT2D eigenvalue weighted by Gasteiger charge is 2.50. The number of rotatable bonds is 6. The number of hydrogen-bond donors (Lipinski definition) is 0. The Morgan fingerprint density at radius 3 is 1.24 bits per heavy atom. The summed E-state index contributed by atoms with van der Waals surface area (Å²) in [6, 6.07) is 41.5. The summed E-state index contributed by atoms with van der Waals surface area (Å²) < 4.78 is 0. The second-order valence-corrected chi connectivity index (χ2v) is 10.3. The first-order chi connectivity index (χ1) is 14.4. The molecule has 4 aromatic carbocycles. The molecule has 0 radical (unpaired) electrons. The van der Waals surface area contributed by atoms with E-state index < -0.39 is 7.26 Å². The molecule has 0 fully saturated rings. The number of carbonyl (C=O) groups excluding carboxylic acids is 1. The lowest BCUT2D eigenvalue weighted by Crippen LogP contribution is -2.33. The van der Waals surface area contributed by atoms with Gasteiger partial charge >= 0.3 is 0 Å². The van der Waals surface area contributed by atoms with Gasteiger partial charge in [-0.3, -0.25) is 0 Å². The Morgan fingerprint density at radius 2 is 0.897 bits per heavy atom. The Bertz CT molecular complexity index is 1000. The zero-order valence-corrected chi connectivity index (χ0v) is 17.0. The molecule has 0 aliphatic rings. The minimum absolute atomic E-state index is 0.580. The van der Waals surface area contributed by atoms with Crippen molar-refractivity contribution in [2.75, 3.05) is 0 Å². The van der Waals surface area contributed by atoms with Gasteiger partial charge < -0.3 is 0 Å². The van der Waals surface area contributed by atoms with Gasteiger partial charge in [-0.1, -0.05) is 84.9 Å². The van der Waals surface area contributed by atoms with Crippen molar-refractivity contribution >= 4 is 29.1 Å². The molecule has 0 amide bonds. The molecule has 0 N–H and O–H groups in total. The fourth-order valence-corrected chi connectivity index (χ4v) is 8.13. The molecule has 0 unspecified atom stereocenters. The molecule has 0 bridgehead atoms. The fraction of sp³-hybridized carbons (Fsp3) is 0.0370. The van der Waals surface area contributed by atoms with Crippen molar-refractivity contribution in [2.24, 2.45) is 0 Å². The summed E-state index contributed by atoms with van der Waals surface area (Å²) in [5, 5.41) is 4.33. The van der Waals surface area contributed by atoms with E-state index in [1.54, 1.807) is 0 Å². The number of benzene rings is 4. The highest BCUT2D eigenvalue weighted by atomic mass is 31.2. The molecule has 2 heteroatoms. The van der Waals surface area contributed by atoms with E-state index >= 15 is 0 Å². The van der Waals surface area contributed by atoms with E-state index in [0.29, 0.717) is 6.42 Å². The van der Waals surface area contributed by atoms with Gasteiger partial charge in [0, 0.05) is 6.42 Å². The number of hydrogen-bond acceptors (Lipinski definition) is 1. The van der Waals surface area contributed by atoms with E-state index in [9.17, 15) is 4.79 Å². The Labute approximate surface area is 172 Å². The monoisotopic (exact) mass is 393 g/mol. The Hall–Kier alpha value is -3.24. The molecule has 0 aliphatic carbocycles. The van der Waals surface area contributed by atoms with Crippen molar-refractivity contribution in [3.05, 3.63) is 132 Å². The molecular formula is C27H22OP+. The second-order valence-electron chi connectivity index (χ2n) is 6.89. The van der Waals surface area contributed by atoms with Crippen molar-refractivity contribution in [1.29, 1.82) is 0 Å². The molecule has 140 valence electrons. The summed E-state index contributed by atoms with van der Waals surface area (Å²) in [5.74, 6) is 2.40. The Morgan fingerprint density at radius 1 is 0.552 bits per heavy atom. The molecule has 0 aromatic heterocycles. The van der Waals surface area contributed by atoms with E-state index in [4.69, 9.17) is 0 Å². The van der Waals surface area contributed by atoms with Gasteiger partial charge in [-0.15, -0.1) is 0 Å². The Balaban J connectivity index is 2.03. The van der Waals surface area contributed by atoms with Crippen molar-refractivity contribution in [3.8, 4) is 0 Å². The van der Waals surface area contributed by atoms with E-state index in [0.717, 1.165) is 10.9 Å². The third-order valence-corrected chi connectivity index (χ3v) is 9.44. The molecule has 0 saturated heterocycles. The first kappa shape index (κ1) is 19.1. The summed E-state index contributed by atoms with van der Waals surface area (Å²) >= 11 is 0. The normalized spacial score (nSPS) is 10.9. The molecule has 0 aliphatic heterocycles. The van der Waals surface area contributed by atoms with E-state index in [1.165, 1.54) is 15.9 Å². The van der Waals surface area contributed by atoms with Crippen LogP contribution in [0.2, 0.25) is 0 Å². The highest BCUT2D eigenvalue weighted by Crippen LogP contribution is 2.62. The summed E-state index contributed by atoms with van der Waals surface area (Å²) in [6.07, 6.45) is 0.580. The molecule has 4 rings (SSSR count). The van der Waals surface area contributed by atoms with Crippen molar-refractivity contribution < 1.29 is 4.79 Å². The van der Waals surface area contributed by atoms with Gasteiger partial charge in [-0.2, -0.15) is 0 Å². The molecule has 0 saturated carbocycles. The molecular weight excluding hydrogens is 371 g/mol. The van der Waals surface area contributed by atoms with Crippen LogP contribution in [0.3, 0.4) is 0 Å². The van der Waals surface area contributed by atoms with E-state index in [2.05, 4.69) is 90.9 Å². The van der Waals surface area contributed by atoms with Crippen LogP contribution in [0.4, 0.5) is 0 Å². The predicted molar refractivity (Wildman–Crippen MR) is 125 cm³/mol. The highest BCUT2D eigenvalue weighted by molar-refractivity contribution is 7.99. The van der Waals surface area contributed by atoms with Crippen LogP contribution in [0.5, 0.6) is 0 Å². The molecule has 0 atom stereocenters. The third-order valence-electron chi connectivity index (χ3n) is 5.17. The standard InChI is InChI=1S/C27H22OP/c28-22-27(21-23-13-5-1-6-14-23)29(24-15-7-2-8-16-24,25-17-9-3-10-18-25)26-19-11-4-12-20-26/h1-20H,21H2/q+1. The van der Waals surface area contributed by atoms with Gasteiger partial charge in [-0.25, -0.2) is 4.79 Å². The fourth-order valence-electron chi connectivity index (χ4n) is 3.88. The van der Waals surface area contributed by atoms with Gasteiger partial charge in [-0.05, 0) is 42.0 Å². The van der Waals surface area contributed by atoms with Crippen LogP contribution in [0, 0.1) is 0 Å². The average molecular weight is 393 g/mol. The van der Waals surface area contributed by atoms with Gasteiger partial charge in [0.15, 0.2) is 18.5 Å². The van der Waals surface area contributed by atoms with Crippen molar-refractivity contribution in [1.82, 2.24) is 0 Å². The number of allylic oxidation sites excluding steroid dienone is 1. The minimum Gasteiger partial charge on any atom is -0.229 e. The largest absolute Gasteiger partial charge is 0.229 e. The SMILES string of the molecule is O=C=C(Cc1ccccc1)[P+](c1ccccc1)(c1ccccc1)c1ccccc1. The van der Waals surface area contributed by atoms with Crippen LogP contribution >= 0.6 is 7.26 Å². The lowest BCUT2D eigenvalue weighted by Gasteiger charge is -2.27. The molecule has 0 spiro atoms. The van der Waals surface area contributed by atoms with Crippen LogP contribution in [0.15, 0.2) is 127 Å². The maximum absolute atomic E-state index is 12.5. The lowest BCUT2D eigenvalue weighted by atomic mass is 10.1. The second kappa shape index (κ2) is 8.84. The zero-order chi connectivity index (χ0) is 19.9. The van der Waals surface area contributed by atoms with Gasteiger partial charge in [0.1, 0.15) is 15.9 Å². The van der Waals surface area contributed by atoms with E-state index in [1.807, 2.05) is 36.4 Å². The quantitative estimate of drug-likeness (QED) is 0.335. The molecule has 0 heterocycles. The van der Waals surface area contributed by atoms with Crippen LogP contribution in [0.1, 0.15) is 5.56 Å². The van der Waals surface area contributed by atoms with Crippen LogP contribution < -0.4 is 15.9 Å². The first-order valence-corrected chi connectivity index (χ1v) is 11.5. The molecule has 29 heavy (non-hydrogen) atoms. The van der Waals surface area contributed by atoms with Crippen LogP contribution in [-0.4, -0.2) is 5.94 Å². The van der Waals surface area contributed by atoms with E-state index in [-0.39, 0.29) is 0 Å². The van der Waals surface area contributed by atoms with Crippen molar-refractivity contribution in [3.63, 3.8) is 0 Å². The van der Waals surface area contributed by atoms with Gasteiger partial charge in [0.2, 0.25) is 0 Å². The summed E-state index contributed by atoms with van der Waals surface area (Å²) in [6.45, 7) is 0. The lowest BCUT2D eigenvalue weighted by molar-refractivity contribution is 0.568. The summed E-state index contributed by atoms with van der Waals surface area (Å²) in [5.41, 5.74) is 1.12. The maximum atomic E-state index is 12.5.